The quantitative estimate of drug-likeness (QED) is 0.696. The zero-order valence-electron chi connectivity index (χ0n) is 12.6. The summed E-state index contributed by atoms with van der Waals surface area (Å²) in [5.41, 5.74) is 0.821. The lowest BCUT2D eigenvalue weighted by atomic mass is 9.95. The summed E-state index contributed by atoms with van der Waals surface area (Å²) in [6.07, 6.45) is 1.90. The fourth-order valence-electron chi connectivity index (χ4n) is 1.68. The molecule has 21 heavy (non-hydrogen) atoms. The van der Waals surface area contributed by atoms with Crippen LogP contribution in [0.25, 0.3) is 0 Å². The van der Waals surface area contributed by atoms with E-state index in [4.69, 9.17) is 9.47 Å². The molecule has 0 bridgehead atoms. The fourth-order valence-corrected chi connectivity index (χ4v) is 1.68. The van der Waals surface area contributed by atoms with Gasteiger partial charge in [-0.2, -0.15) is 0 Å². The lowest BCUT2D eigenvalue weighted by molar-refractivity contribution is 0.0697. The third-order valence-electron chi connectivity index (χ3n) is 3.02. The first-order valence-corrected chi connectivity index (χ1v) is 6.99. The number of hydrogen-bond acceptors (Lipinski definition) is 3. The number of nitrogens with zero attached hydrogens (tertiary/aromatic N) is 1. The van der Waals surface area contributed by atoms with Crippen molar-refractivity contribution >= 4 is 0 Å². The van der Waals surface area contributed by atoms with E-state index < -0.39 is 0 Å². The van der Waals surface area contributed by atoms with Crippen molar-refractivity contribution in [3.8, 4) is 11.6 Å². The van der Waals surface area contributed by atoms with Gasteiger partial charge in [0.05, 0.1) is 18.9 Å². The van der Waals surface area contributed by atoms with Crippen molar-refractivity contribution in [2.75, 3.05) is 6.61 Å². The summed E-state index contributed by atoms with van der Waals surface area (Å²) in [4.78, 5) is 4.44. The number of pyridine rings is 1. The van der Waals surface area contributed by atoms with E-state index in [9.17, 15) is 0 Å². The van der Waals surface area contributed by atoms with Crippen LogP contribution in [0.5, 0.6) is 11.6 Å². The van der Waals surface area contributed by atoms with Gasteiger partial charge < -0.3 is 9.47 Å². The number of para-hydroxylation sites is 1. The zero-order valence-corrected chi connectivity index (χ0v) is 12.6. The van der Waals surface area contributed by atoms with Gasteiger partial charge in [0, 0.05) is 11.5 Å². The van der Waals surface area contributed by atoms with E-state index in [0.29, 0.717) is 19.1 Å². The van der Waals surface area contributed by atoms with Crippen molar-refractivity contribution < 1.29 is 9.47 Å². The maximum atomic E-state index is 5.70. The lowest BCUT2D eigenvalue weighted by Crippen LogP contribution is -2.16. The molecule has 0 saturated heterocycles. The third-order valence-corrected chi connectivity index (χ3v) is 3.02. The molecule has 0 N–H and O–H groups in total. The summed E-state index contributed by atoms with van der Waals surface area (Å²) in [7, 11) is 0. The summed E-state index contributed by atoms with van der Waals surface area (Å²) >= 11 is 0. The van der Waals surface area contributed by atoms with Crippen molar-refractivity contribution in [1.82, 2.24) is 4.98 Å². The van der Waals surface area contributed by atoms with Gasteiger partial charge in [-0.1, -0.05) is 44.2 Å². The summed E-state index contributed by atoms with van der Waals surface area (Å²) in [6, 6.07) is 15.3. The molecule has 0 spiro atoms. The standard InChI is InChI=1S/C18H21NO2/c1-4-18(2,3)14-20-13-15-9-8-12-17(19-15)21-16-10-6-5-7-11-16/h4-12H,1,13-14H2,2-3H3. The minimum Gasteiger partial charge on any atom is -0.439 e. The van der Waals surface area contributed by atoms with Crippen LogP contribution in [0.15, 0.2) is 61.2 Å². The first-order chi connectivity index (χ1) is 10.1. The van der Waals surface area contributed by atoms with E-state index in [2.05, 4.69) is 25.4 Å². The Hall–Kier alpha value is -2.13. The van der Waals surface area contributed by atoms with Gasteiger partial charge in [-0.05, 0) is 18.2 Å². The molecule has 0 fully saturated rings. The summed E-state index contributed by atoms with van der Waals surface area (Å²) < 4.78 is 11.4. The van der Waals surface area contributed by atoms with Crippen LogP contribution in [-0.2, 0) is 11.3 Å². The molecule has 1 aromatic heterocycles. The largest absolute Gasteiger partial charge is 0.439 e. The van der Waals surface area contributed by atoms with Crippen molar-refractivity contribution in [3.63, 3.8) is 0 Å². The molecule has 3 heteroatoms. The highest BCUT2D eigenvalue weighted by molar-refractivity contribution is 5.27. The van der Waals surface area contributed by atoms with Gasteiger partial charge in [0.1, 0.15) is 5.75 Å². The van der Waals surface area contributed by atoms with Crippen molar-refractivity contribution in [3.05, 3.63) is 66.9 Å². The topological polar surface area (TPSA) is 31.4 Å². The molecule has 0 aliphatic rings. The van der Waals surface area contributed by atoms with Crippen LogP contribution in [0.3, 0.4) is 0 Å². The molecule has 0 unspecified atom stereocenters. The number of aromatic nitrogens is 1. The average molecular weight is 283 g/mol. The van der Waals surface area contributed by atoms with E-state index >= 15 is 0 Å². The second kappa shape index (κ2) is 7.04. The molecular formula is C18H21NO2. The summed E-state index contributed by atoms with van der Waals surface area (Å²) in [6.45, 7) is 9.05. The Kier molecular flexibility index (Phi) is 5.12. The molecular weight excluding hydrogens is 262 g/mol. The van der Waals surface area contributed by atoms with Crippen LogP contribution in [-0.4, -0.2) is 11.6 Å². The molecule has 3 nitrogen and oxygen atoms in total. The minimum absolute atomic E-state index is 0.0296. The van der Waals surface area contributed by atoms with E-state index in [1.807, 2.05) is 54.6 Å². The van der Waals surface area contributed by atoms with Crippen molar-refractivity contribution in [2.45, 2.75) is 20.5 Å². The Labute approximate surface area is 126 Å². The molecule has 2 aromatic rings. The van der Waals surface area contributed by atoms with Gasteiger partial charge in [0.25, 0.3) is 0 Å². The minimum atomic E-state index is -0.0296. The normalized spacial score (nSPS) is 11.1. The van der Waals surface area contributed by atoms with Crippen LogP contribution in [0.4, 0.5) is 0 Å². The first-order valence-electron chi connectivity index (χ1n) is 6.99. The van der Waals surface area contributed by atoms with E-state index in [-0.39, 0.29) is 5.41 Å². The van der Waals surface area contributed by atoms with Crippen LogP contribution >= 0.6 is 0 Å². The second-order valence-electron chi connectivity index (χ2n) is 5.57. The molecule has 1 heterocycles. The Balaban J connectivity index is 1.93. The fraction of sp³-hybridized carbons (Fsp3) is 0.278. The number of hydrogen-bond donors (Lipinski definition) is 0. The van der Waals surface area contributed by atoms with Crippen LogP contribution in [0.2, 0.25) is 0 Å². The van der Waals surface area contributed by atoms with Crippen molar-refractivity contribution in [1.29, 1.82) is 0 Å². The second-order valence-corrected chi connectivity index (χ2v) is 5.57. The van der Waals surface area contributed by atoms with E-state index in [0.717, 1.165) is 11.4 Å². The van der Waals surface area contributed by atoms with Crippen molar-refractivity contribution in [2.24, 2.45) is 5.41 Å². The summed E-state index contributed by atoms with van der Waals surface area (Å²) in [5.74, 6) is 1.35. The Morgan fingerprint density at radius 1 is 1.10 bits per heavy atom. The highest BCUT2D eigenvalue weighted by Gasteiger charge is 2.13. The lowest BCUT2D eigenvalue weighted by Gasteiger charge is -2.19. The van der Waals surface area contributed by atoms with Gasteiger partial charge in [-0.25, -0.2) is 4.98 Å². The molecule has 0 saturated carbocycles. The highest BCUT2D eigenvalue weighted by atomic mass is 16.5. The molecule has 110 valence electrons. The van der Waals surface area contributed by atoms with Gasteiger partial charge in [0.2, 0.25) is 5.88 Å². The van der Waals surface area contributed by atoms with E-state index in [1.54, 1.807) is 0 Å². The number of benzene rings is 1. The van der Waals surface area contributed by atoms with Gasteiger partial charge in [-0.3, -0.25) is 0 Å². The highest BCUT2D eigenvalue weighted by Crippen LogP contribution is 2.20. The Bertz CT molecular complexity index is 579. The predicted molar refractivity (Wildman–Crippen MR) is 84.4 cm³/mol. The molecule has 0 radical (unpaired) electrons. The van der Waals surface area contributed by atoms with E-state index in [1.165, 1.54) is 0 Å². The zero-order chi connectivity index (χ0) is 15.1. The molecule has 0 amide bonds. The van der Waals surface area contributed by atoms with Gasteiger partial charge in [0.15, 0.2) is 0 Å². The molecule has 0 atom stereocenters. The maximum Gasteiger partial charge on any atom is 0.219 e. The molecule has 0 aliphatic carbocycles. The predicted octanol–water partition coefficient (Wildman–Crippen LogP) is 4.60. The first kappa shape index (κ1) is 15.3. The Morgan fingerprint density at radius 3 is 2.57 bits per heavy atom. The molecule has 2 rings (SSSR count). The van der Waals surface area contributed by atoms with Crippen LogP contribution in [0, 0.1) is 5.41 Å². The Morgan fingerprint density at radius 2 is 1.86 bits per heavy atom. The SMILES string of the molecule is C=CC(C)(C)COCc1cccc(Oc2ccccc2)n1. The molecule has 0 aliphatic heterocycles. The smallest absolute Gasteiger partial charge is 0.219 e. The monoisotopic (exact) mass is 283 g/mol. The van der Waals surface area contributed by atoms with Crippen LogP contribution < -0.4 is 4.74 Å². The third kappa shape index (κ3) is 5.04. The molecule has 1 aromatic carbocycles. The number of ether oxygens (including phenoxy) is 2. The van der Waals surface area contributed by atoms with Crippen LogP contribution in [0.1, 0.15) is 19.5 Å². The van der Waals surface area contributed by atoms with Gasteiger partial charge in [-0.15, -0.1) is 6.58 Å². The van der Waals surface area contributed by atoms with Gasteiger partial charge >= 0.3 is 0 Å². The summed E-state index contributed by atoms with van der Waals surface area (Å²) in [5, 5.41) is 0. The maximum absolute atomic E-state index is 5.70. The number of rotatable bonds is 7. The average Bonchev–Trinajstić information content (AvgIpc) is 2.48.